The van der Waals surface area contributed by atoms with Gasteiger partial charge in [-0.1, -0.05) is 0 Å². The molecular weight excluding hydrogens is 226 g/mol. The largest absolute Gasteiger partial charge is 0.461 e. The molecule has 4 fully saturated rings. The molecular formula is C13H16F2O2. The molecule has 0 bridgehead atoms. The molecule has 4 saturated carbocycles. The Hall–Kier alpha value is -0.670. The molecule has 4 rings (SSSR count). The number of esters is 1. The molecule has 0 radical (unpaired) electrons. The molecule has 0 aliphatic heterocycles. The van der Waals surface area contributed by atoms with E-state index in [2.05, 4.69) is 0 Å². The first-order valence-corrected chi connectivity index (χ1v) is 6.45. The molecule has 1 spiro atoms. The lowest BCUT2D eigenvalue weighted by molar-refractivity contribution is -0.437. The fourth-order valence-corrected chi connectivity index (χ4v) is 5.74. The number of halogens is 2. The van der Waals surface area contributed by atoms with Gasteiger partial charge in [-0.2, -0.15) is 8.78 Å². The summed E-state index contributed by atoms with van der Waals surface area (Å²) < 4.78 is 30.3. The van der Waals surface area contributed by atoms with Crippen molar-refractivity contribution in [3.05, 3.63) is 0 Å². The lowest BCUT2D eigenvalue weighted by Gasteiger charge is -2.91. The predicted octanol–water partition coefficient (Wildman–Crippen LogP) is 2.62. The molecule has 94 valence electrons. The van der Waals surface area contributed by atoms with Crippen LogP contribution in [0.25, 0.3) is 0 Å². The van der Waals surface area contributed by atoms with Gasteiger partial charge in [0.2, 0.25) is 0 Å². The minimum atomic E-state index is -3.35. The van der Waals surface area contributed by atoms with E-state index in [-0.39, 0.29) is 12.0 Å². The van der Waals surface area contributed by atoms with Crippen molar-refractivity contribution in [1.29, 1.82) is 0 Å². The molecule has 0 aromatic heterocycles. The minimum absolute atomic E-state index is 0.102. The molecule has 4 aliphatic carbocycles. The molecule has 0 heterocycles. The molecule has 2 unspecified atom stereocenters. The smallest absolute Gasteiger partial charge is 0.376 e. The summed E-state index contributed by atoms with van der Waals surface area (Å²) in [5, 5.41) is 0. The van der Waals surface area contributed by atoms with Gasteiger partial charge in [0.05, 0.1) is 6.61 Å². The quantitative estimate of drug-likeness (QED) is 0.711. The van der Waals surface area contributed by atoms with Crippen LogP contribution in [0.1, 0.15) is 32.6 Å². The van der Waals surface area contributed by atoms with Crippen LogP contribution in [0.4, 0.5) is 8.78 Å². The Kier molecular flexibility index (Phi) is 1.52. The van der Waals surface area contributed by atoms with E-state index in [4.69, 9.17) is 4.74 Å². The van der Waals surface area contributed by atoms with Crippen molar-refractivity contribution >= 4 is 5.97 Å². The highest BCUT2D eigenvalue weighted by Gasteiger charge is 2.87. The van der Waals surface area contributed by atoms with Crippen molar-refractivity contribution < 1.29 is 18.3 Å². The third kappa shape index (κ3) is 0.858. The molecule has 4 heteroatoms. The Balaban J connectivity index is 1.44. The molecule has 2 nitrogen and oxygen atoms in total. The Morgan fingerprint density at radius 2 is 1.88 bits per heavy atom. The SMILES string of the molecule is CC(F)(F)C(=O)OCC12CC3CC4CC(C1)C432. The summed E-state index contributed by atoms with van der Waals surface area (Å²) in [5.74, 6) is -2.24. The van der Waals surface area contributed by atoms with Gasteiger partial charge < -0.3 is 4.74 Å². The van der Waals surface area contributed by atoms with Crippen molar-refractivity contribution in [2.75, 3.05) is 6.61 Å². The van der Waals surface area contributed by atoms with E-state index in [1.165, 1.54) is 12.8 Å². The minimum Gasteiger partial charge on any atom is -0.461 e. The Bertz CT molecular complexity index is 387. The fraction of sp³-hybridized carbons (Fsp3) is 0.923. The van der Waals surface area contributed by atoms with E-state index in [1.807, 2.05) is 0 Å². The molecule has 0 N–H and O–H groups in total. The fourth-order valence-electron chi connectivity index (χ4n) is 5.74. The average molecular weight is 242 g/mol. The zero-order valence-electron chi connectivity index (χ0n) is 9.84. The van der Waals surface area contributed by atoms with E-state index >= 15 is 0 Å². The highest BCUT2D eigenvalue weighted by Crippen LogP contribution is 2.92. The second kappa shape index (κ2) is 2.52. The van der Waals surface area contributed by atoms with Gasteiger partial charge in [-0.15, -0.1) is 0 Å². The van der Waals surface area contributed by atoms with Gasteiger partial charge in [-0.05, 0) is 48.9 Å². The summed E-state index contributed by atoms with van der Waals surface area (Å²) in [7, 11) is 0. The van der Waals surface area contributed by atoms with Crippen LogP contribution >= 0.6 is 0 Å². The summed E-state index contributed by atoms with van der Waals surface area (Å²) in [4.78, 5) is 11.1. The van der Waals surface area contributed by atoms with Gasteiger partial charge in [0, 0.05) is 12.3 Å². The van der Waals surface area contributed by atoms with Gasteiger partial charge >= 0.3 is 11.9 Å². The van der Waals surface area contributed by atoms with Gasteiger partial charge in [-0.3, -0.25) is 0 Å². The lowest BCUT2D eigenvalue weighted by atomic mass is 9.13. The summed E-state index contributed by atoms with van der Waals surface area (Å²) >= 11 is 0. The number of hydrogen-bond donors (Lipinski definition) is 0. The van der Waals surface area contributed by atoms with Crippen molar-refractivity contribution in [2.45, 2.75) is 38.5 Å². The summed E-state index contributed by atoms with van der Waals surface area (Å²) in [6.07, 6.45) is 4.86. The third-order valence-electron chi connectivity index (χ3n) is 6.20. The van der Waals surface area contributed by atoms with Crippen molar-refractivity contribution in [3.63, 3.8) is 0 Å². The van der Waals surface area contributed by atoms with Crippen LogP contribution in [0.5, 0.6) is 0 Å². The van der Waals surface area contributed by atoms with Gasteiger partial charge in [0.15, 0.2) is 0 Å². The molecule has 0 aromatic carbocycles. The first-order valence-electron chi connectivity index (χ1n) is 6.45. The molecule has 0 aromatic rings. The number of ether oxygens (including phenoxy) is 1. The predicted molar refractivity (Wildman–Crippen MR) is 55.4 cm³/mol. The summed E-state index contributed by atoms with van der Waals surface area (Å²) in [6.45, 7) is 0.840. The Morgan fingerprint density at radius 1 is 1.29 bits per heavy atom. The monoisotopic (exact) mass is 242 g/mol. The molecule has 2 atom stereocenters. The number of carbonyl (C=O) groups is 1. The standard InChI is InChI=1S/C13H16F2O2/c1-11(14,15)10(16)17-6-12-4-8-2-7-3-9(5-12)13(7,8)12/h7-9H,2-6H2,1H3. The summed E-state index contributed by atoms with van der Waals surface area (Å²) in [6, 6.07) is 0. The number of alkyl halides is 2. The van der Waals surface area contributed by atoms with Crippen molar-refractivity contribution in [1.82, 2.24) is 0 Å². The zero-order valence-corrected chi connectivity index (χ0v) is 9.84. The van der Waals surface area contributed by atoms with Gasteiger partial charge in [-0.25, -0.2) is 4.79 Å². The van der Waals surface area contributed by atoms with Crippen molar-refractivity contribution in [3.8, 4) is 0 Å². The maximum Gasteiger partial charge on any atom is 0.376 e. The Labute approximate surface area is 98.7 Å². The van der Waals surface area contributed by atoms with Gasteiger partial charge in [0.1, 0.15) is 0 Å². The Morgan fingerprint density at radius 3 is 2.29 bits per heavy atom. The van der Waals surface area contributed by atoms with Crippen LogP contribution in [-0.2, 0) is 9.53 Å². The van der Waals surface area contributed by atoms with Gasteiger partial charge in [0.25, 0.3) is 0 Å². The van der Waals surface area contributed by atoms with E-state index in [9.17, 15) is 13.6 Å². The van der Waals surface area contributed by atoms with E-state index < -0.39 is 11.9 Å². The number of hydrogen-bond acceptors (Lipinski definition) is 2. The normalized spacial score (nSPS) is 53.0. The topological polar surface area (TPSA) is 26.3 Å². The summed E-state index contributed by atoms with van der Waals surface area (Å²) in [5.41, 5.74) is 0.542. The van der Waals surface area contributed by atoms with E-state index in [1.54, 1.807) is 0 Å². The molecule has 17 heavy (non-hydrogen) atoms. The maximum atomic E-state index is 12.7. The van der Waals surface area contributed by atoms with Crippen LogP contribution in [0.2, 0.25) is 0 Å². The molecule has 0 saturated heterocycles. The lowest BCUT2D eigenvalue weighted by Crippen LogP contribution is -2.86. The van der Waals surface area contributed by atoms with Crippen molar-refractivity contribution in [2.24, 2.45) is 28.6 Å². The second-order valence-electron chi connectivity index (χ2n) is 6.65. The highest BCUT2D eigenvalue weighted by molar-refractivity contribution is 5.77. The van der Waals surface area contributed by atoms with Crippen LogP contribution in [0.15, 0.2) is 0 Å². The molecule has 0 amide bonds. The third-order valence-corrected chi connectivity index (χ3v) is 6.20. The van der Waals surface area contributed by atoms with Crippen LogP contribution in [-0.4, -0.2) is 18.5 Å². The van der Waals surface area contributed by atoms with Crippen LogP contribution in [0.3, 0.4) is 0 Å². The maximum absolute atomic E-state index is 12.7. The first-order chi connectivity index (χ1) is 7.90. The second-order valence-corrected chi connectivity index (χ2v) is 6.65. The van der Waals surface area contributed by atoms with Crippen LogP contribution < -0.4 is 0 Å². The van der Waals surface area contributed by atoms with E-state index in [0.29, 0.717) is 12.3 Å². The zero-order chi connectivity index (χ0) is 12.1. The van der Waals surface area contributed by atoms with E-state index in [0.717, 1.165) is 30.6 Å². The highest BCUT2D eigenvalue weighted by atomic mass is 19.3. The first kappa shape index (κ1) is 10.3. The number of carbonyl (C=O) groups excluding carboxylic acids is 1. The molecule has 4 aliphatic rings. The number of rotatable bonds is 3. The average Bonchev–Trinajstić information content (AvgIpc) is 2.10. The van der Waals surface area contributed by atoms with Crippen LogP contribution in [0, 0.1) is 28.6 Å².